The first-order valence-corrected chi connectivity index (χ1v) is 7.83. The van der Waals surface area contributed by atoms with E-state index in [1.165, 1.54) is 32.2 Å². The molecule has 0 aromatic heterocycles. The second kappa shape index (κ2) is 5.48. The summed E-state index contributed by atoms with van der Waals surface area (Å²) < 4.78 is 5.65. The number of hydrogen-bond acceptors (Lipinski definition) is 3. The van der Waals surface area contributed by atoms with Crippen LogP contribution in [0.25, 0.3) is 0 Å². The summed E-state index contributed by atoms with van der Waals surface area (Å²) in [6, 6.07) is 0.673. The Balaban J connectivity index is 1.43. The molecule has 3 fully saturated rings. The SMILES string of the molecule is OC1(CCCC2CCCO2)CCN2CCCC2C1. The zero-order valence-electron chi connectivity index (χ0n) is 11.4. The minimum absolute atomic E-state index is 0.371. The average molecular weight is 253 g/mol. The molecule has 0 amide bonds. The summed E-state index contributed by atoms with van der Waals surface area (Å²) in [6.45, 7) is 3.32. The summed E-state index contributed by atoms with van der Waals surface area (Å²) in [5.74, 6) is 0. The van der Waals surface area contributed by atoms with Crippen molar-refractivity contribution in [1.82, 2.24) is 4.90 Å². The number of aliphatic hydroxyl groups is 1. The fourth-order valence-electron chi connectivity index (χ4n) is 4.07. The standard InChI is InChI=1S/C15H27NO2/c17-15(7-1-5-14-6-3-11-18-14)8-10-16-9-2-4-13(16)12-15/h13-14,17H,1-12H2. The van der Waals surface area contributed by atoms with Gasteiger partial charge in [-0.25, -0.2) is 0 Å². The van der Waals surface area contributed by atoms with Gasteiger partial charge in [0.2, 0.25) is 0 Å². The van der Waals surface area contributed by atoms with Crippen molar-refractivity contribution in [2.24, 2.45) is 0 Å². The van der Waals surface area contributed by atoms with Crippen LogP contribution in [-0.4, -0.2) is 47.4 Å². The normalized spacial score (nSPS) is 41.2. The van der Waals surface area contributed by atoms with E-state index in [9.17, 15) is 5.11 Å². The third-order valence-corrected chi connectivity index (χ3v) is 5.17. The molecule has 0 radical (unpaired) electrons. The molecule has 0 saturated carbocycles. The lowest BCUT2D eigenvalue weighted by atomic mass is 9.82. The lowest BCUT2D eigenvalue weighted by Crippen LogP contribution is -2.47. The van der Waals surface area contributed by atoms with E-state index < -0.39 is 0 Å². The van der Waals surface area contributed by atoms with Crippen LogP contribution < -0.4 is 0 Å². The second-order valence-electron chi connectivity index (χ2n) is 6.54. The minimum atomic E-state index is -0.371. The molecule has 0 aromatic rings. The van der Waals surface area contributed by atoms with E-state index in [2.05, 4.69) is 4.90 Å². The van der Waals surface area contributed by atoms with Crippen molar-refractivity contribution in [3.8, 4) is 0 Å². The quantitative estimate of drug-likeness (QED) is 0.834. The van der Waals surface area contributed by atoms with E-state index in [1.807, 2.05) is 0 Å². The Bertz CT molecular complexity index is 278. The summed E-state index contributed by atoms with van der Waals surface area (Å²) in [6.07, 6.45) is 10.8. The number of rotatable bonds is 4. The molecule has 3 aliphatic heterocycles. The van der Waals surface area contributed by atoms with Crippen LogP contribution in [-0.2, 0) is 4.74 Å². The van der Waals surface area contributed by atoms with Gasteiger partial charge in [0.1, 0.15) is 0 Å². The van der Waals surface area contributed by atoms with Crippen LogP contribution in [0.2, 0.25) is 0 Å². The monoisotopic (exact) mass is 253 g/mol. The van der Waals surface area contributed by atoms with Gasteiger partial charge in [-0.2, -0.15) is 0 Å². The van der Waals surface area contributed by atoms with Crippen LogP contribution in [0.3, 0.4) is 0 Å². The zero-order chi connectivity index (χ0) is 12.4. The Hall–Kier alpha value is -0.120. The van der Waals surface area contributed by atoms with Gasteiger partial charge in [0, 0.05) is 19.2 Å². The summed E-state index contributed by atoms with van der Waals surface area (Å²) in [5.41, 5.74) is -0.371. The molecular weight excluding hydrogens is 226 g/mol. The Morgan fingerprint density at radius 1 is 1.22 bits per heavy atom. The molecule has 18 heavy (non-hydrogen) atoms. The minimum Gasteiger partial charge on any atom is -0.390 e. The molecule has 3 atom stereocenters. The van der Waals surface area contributed by atoms with Crippen LogP contribution in [0.4, 0.5) is 0 Å². The van der Waals surface area contributed by atoms with Crippen LogP contribution in [0, 0.1) is 0 Å². The predicted octanol–water partition coefficient (Wildman–Crippen LogP) is 2.33. The van der Waals surface area contributed by atoms with E-state index in [0.29, 0.717) is 12.1 Å². The lowest BCUT2D eigenvalue weighted by Gasteiger charge is -2.41. The first-order valence-electron chi connectivity index (χ1n) is 7.83. The van der Waals surface area contributed by atoms with Gasteiger partial charge in [0.05, 0.1) is 11.7 Å². The van der Waals surface area contributed by atoms with E-state index in [1.54, 1.807) is 0 Å². The molecule has 104 valence electrons. The van der Waals surface area contributed by atoms with Gasteiger partial charge in [-0.3, -0.25) is 0 Å². The van der Waals surface area contributed by atoms with Crippen molar-refractivity contribution in [3.05, 3.63) is 0 Å². The lowest BCUT2D eigenvalue weighted by molar-refractivity contribution is -0.0452. The maximum Gasteiger partial charge on any atom is 0.0674 e. The molecule has 3 nitrogen and oxygen atoms in total. The van der Waals surface area contributed by atoms with Crippen molar-refractivity contribution in [2.45, 2.75) is 75.5 Å². The Morgan fingerprint density at radius 2 is 2.17 bits per heavy atom. The fraction of sp³-hybridized carbons (Fsp3) is 1.00. The molecule has 0 aromatic carbocycles. The summed E-state index contributed by atoms with van der Waals surface area (Å²) >= 11 is 0. The first kappa shape index (κ1) is 12.9. The Kier molecular flexibility index (Phi) is 3.92. The molecule has 0 spiro atoms. The summed E-state index contributed by atoms with van der Waals surface area (Å²) in [4.78, 5) is 2.58. The molecule has 1 N–H and O–H groups in total. The van der Waals surface area contributed by atoms with Gasteiger partial charge in [0.15, 0.2) is 0 Å². The molecule has 3 rings (SSSR count). The van der Waals surface area contributed by atoms with Gasteiger partial charge in [0.25, 0.3) is 0 Å². The second-order valence-corrected chi connectivity index (χ2v) is 6.54. The van der Waals surface area contributed by atoms with E-state index in [-0.39, 0.29) is 5.60 Å². The highest BCUT2D eigenvalue weighted by atomic mass is 16.5. The Morgan fingerprint density at radius 3 is 3.00 bits per heavy atom. The van der Waals surface area contributed by atoms with Crippen molar-refractivity contribution in [2.75, 3.05) is 19.7 Å². The van der Waals surface area contributed by atoms with Crippen molar-refractivity contribution >= 4 is 0 Å². The fourth-order valence-corrected chi connectivity index (χ4v) is 4.07. The smallest absolute Gasteiger partial charge is 0.0674 e. The number of hydrogen-bond donors (Lipinski definition) is 1. The number of piperidine rings is 1. The van der Waals surface area contributed by atoms with Crippen LogP contribution in [0.5, 0.6) is 0 Å². The highest BCUT2D eigenvalue weighted by molar-refractivity contribution is 4.94. The van der Waals surface area contributed by atoms with Crippen LogP contribution >= 0.6 is 0 Å². The topological polar surface area (TPSA) is 32.7 Å². The third-order valence-electron chi connectivity index (χ3n) is 5.17. The van der Waals surface area contributed by atoms with Crippen LogP contribution in [0.15, 0.2) is 0 Å². The summed E-state index contributed by atoms with van der Waals surface area (Å²) in [5, 5.41) is 10.7. The predicted molar refractivity (Wildman–Crippen MR) is 71.6 cm³/mol. The molecule has 3 heteroatoms. The number of nitrogens with zero attached hydrogens (tertiary/aromatic N) is 1. The van der Waals surface area contributed by atoms with Gasteiger partial charge < -0.3 is 14.7 Å². The first-order chi connectivity index (χ1) is 8.75. The zero-order valence-corrected chi connectivity index (χ0v) is 11.4. The molecule has 3 saturated heterocycles. The van der Waals surface area contributed by atoms with E-state index >= 15 is 0 Å². The highest BCUT2D eigenvalue weighted by Crippen LogP contribution is 2.36. The third kappa shape index (κ3) is 2.89. The van der Waals surface area contributed by atoms with Gasteiger partial charge >= 0.3 is 0 Å². The largest absolute Gasteiger partial charge is 0.390 e. The maximum absolute atomic E-state index is 10.7. The molecule has 3 aliphatic rings. The van der Waals surface area contributed by atoms with E-state index in [4.69, 9.17) is 4.74 Å². The van der Waals surface area contributed by atoms with Gasteiger partial charge in [-0.05, 0) is 64.3 Å². The number of fused-ring (bicyclic) bond motifs is 1. The van der Waals surface area contributed by atoms with Crippen molar-refractivity contribution in [1.29, 1.82) is 0 Å². The average Bonchev–Trinajstić information content (AvgIpc) is 2.98. The molecule has 3 unspecified atom stereocenters. The van der Waals surface area contributed by atoms with Crippen molar-refractivity contribution < 1.29 is 9.84 Å². The molecule has 0 bridgehead atoms. The van der Waals surface area contributed by atoms with Crippen molar-refractivity contribution in [3.63, 3.8) is 0 Å². The van der Waals surface area contributed by atoms with Gasteiger partial charge in [-0.1, -0.05) is 0 Å². The molecule has 0 aliphatic carbocycles. The molecule has 3 heterocycles. The highest BCUT2D eigenvalue weighted by Gasteiger charge is 2.39. The van der Waals surface area contributed by atoms with Gasteiger partial charge in [-0.15, -0.1) is 0 Å². The number of ether oxygens (including phenoxy) is 1. The van der Waals surface area contributed by atoms with Crippen LogP contribution in [0.1, 0.15) is 57.8 Å². The summed E-state index contributed by atoms with van der Waals surface area (Å²) in [7, 11) is 0. The Labute approximate surface area is 110 Å². The molecular formula is C15H27NO2. The maximum atomic E-state index is 10.7. The van der Waals surface area contributed by atoms with E-state index in [0.717, 1.165) is 45.3 Å².